The molecular weight excluding hydrogens is 300 g/mol. The predicted octanol–water partition coefficient (Wildman–Crippen LogP) is 2.15. The second kappa shape index (κ2) is 7.45. The lowest BCUT2D eigenvalue weighted by molar-refractivity contribution is -0.122. The number of amides is 1. The summed E-state index contributed by atoms with van der Waals surface area (Å²) < 4.78 is 25.7. The molecule has 0 unspecified atom stereocenters. The van der Waals surface area contributed by atoms with Gasteiger partial charge in [-0.3, -0.25) is 9.10 Å². The molecule has 0 saturated heterocycles. The molecule has 1 N–H and O–H groups in total. The summed E-state index contributed by atoms with van der Waals surface area (Å²) in [6.07, 6.45) is 3.06. The van der Waals surface area contributed by atoms with Gasteiger partial charge >= 0.3 is 0 Å². The lowest BCUT2D eigenvalue weighted by Gasteiger charge is -2.30. The Hall–Kier alpha value is -1.82. The Bertz CT molecular complexity index is 653. The van der Waals surface area contributed by atoms with E-state index in [0.717, 1.165) is 17.4 Å². The van der Waals surface area contributed by atoms with Crippen molar-refractivity contribution in [1.29, 1.82) is 0 Å². The van der Waals surface area contributed by atoms with Gasteiger partial charge in [-0.2, -0.15) is 0 Å². The number of anilines is 1. The van der Waals surface area contributed by atoms with E-state index in [2.05, 4.69) is 11.9 Å². The number of rotatable bonds is 7. The van der Waals surface area contributed by atoms with E-state index < -0.39 is 16.1 Å². The molecule has 0 aliphatic carbocycles. The van der Waals surface area contributed by atoms with Crippen LogP contribution in [0.5, 0.6) is 0 Å². The summed E-state index contributed by atoms with van der Waals surface area (Å²) in [6, 6.07) is 4.60. The van der Waals surface area contributed by atoms with E-state index in [1.807, 2.05) is 19.9 Å². The first-order valence-electron chi connectivity index (χ1n) is 7.17. The smallest absolute Gasteiger partial charge is 0.244 e. The molecule has 1 rings (SSSR count). The van der Waals surface area contributed by atoms with E-state index in [9.17, 15) is 13.2 Å². The Balaban J connectivity index is 3.29. The molecule has 1 atom stereocenters. The van der Waals surface area contributed by atoms with E-state index in [-0.39, 0.29) is 5.91 Å². The highest BCUT2D eigenvalue weighted by molar-refractivity contribution is 7.92. The minimum absolute atomic E-state index is 0.305. The Kier molecular flexibility index (Phi) is 6.17. The second-order valence-corrected chi connectivity index (χ2v) is 7.14. The molecule has 6 heteroatoms. The number of sulfonamides is 1. The summed E-state index contributed by atoms with van der Waals surface area (Å²) in [5.41, 5.74) is 2.56. The third-order valence-corrected chi connectivity index (χ3v) is 4.68. The van der Waals surface area contributed by atoms with Crippen molar-refractivity contribution in [2.75, 3.05) is 17.1 Å². The van der Waals surface area contributed by atoms with Crippen LogP contribution in [0, 0.1) is 13.8 Å². The molecule has 1 aromatic rings. The first-order chi connectivity index (χ1) is 10.2. The van der Waals surface area contributed by atoms with Crippen molar-refractivity contribution in [3.8, 4) is 0 Å². The molecule has 0 saturated carbocycles. The predicted molar refractivity (Wildman–Crippen MR) is 90.5 cm³/mol. The Morgan fingerprint density at radius 3 is 2.45 bits per heavy atom. The van der Waals surface area contributed by atoms with E-state index in [0.29, 0.717) is 18.7 Å². The van der Waals surface area contributed by atoms with E-state index in [4.69, 9.17) is 0 Å². The molecule has 122 valence electrons. The van der Waals surface area contributed by atoms with Crippen molar-refractivity contribution in [2.45, 2.75) is 33.2 Å². The van der Waals surface area contributed by atoms with E-state index in [1.165, 1.54) is 4.31 Å². The zero-order valence-corrected chi connectivity index (χ0v) is 14.4. The summed E-state index contributed by atoms with van der Waals surface area (Å²) in [7, 11) is -3.58. The van der Waals surface area contributed by atoms with Gasteiger partial charge in [-0.15, -0.1) is 6.58 Å². The van der Waals surface area contributed by atoms with Gasteiger partial charge in [-0.05, 0) is 43.5 Å². The number of nitrogens with zero attached hydrogens (tertiary/aromatic N) is 1. The molecule has 0 fully saturated rings. The van der Waals surface area contributed by atoms with Crippen molar-refractivity contribution in [3.05, 3.63) is 42.0 Å². The number of carbonyl (C=O) groups excluding carboxylic acids is 1. The Morgan fingerprint density at radius 2 is 2.00 bits per heavy atom. The van der Waals surface area contributed by atoms with Crippen molar-refractivity contribution in [3.63, 3.8) is 0 Å². The van der Waals surface area contributed by atoms with Gasteiger partial charge in [-0.25, -0.2) is 8.42 Å². The number of hydrogen-bond donors (Lipinski definition) is 1. The summed E-state index contributed by atoms with van der Waals surface area (Å²) in [6.45, 7) is 9.51. The van der Waals surface area contributed by atoms with E-state index in [1.54, 1.807) is 25.1 Å². The van der Waals surface area contributed by atoms with Gasteiger partial charge < -0.3 is 5.32 Å². The number of aryl methyl sites for hydroxylation is 2. The molecule has 0 aromatic heterocycles. The fraction of sp³-hybridized carbons (Fsp3) is 0.438. The van der Waals surface area contributed by atoms with Crippen LogP contribution >= 0.6 is 0 Å². The van der Waals surface area contributed by atoms with Crippen molar-refractivity contribution in [1.82, 2.24) is 5.32 Å². The van der Waals surface area contributed by atoms with Crippen LogP contribution in [0.4, 0.5) is 5.69 Å². The van der Waals surface area contributed by atoms with Gasteiger partial charge in [-0.1, -0.05) is 19.1 Å². The van der Waals surface area contributed by atoms with Gasteiger partial charge in [0.05, 0.1) is 11.9 Å². The summed E-state index contributed by atoms with van der Waals surface area (Å²) in [5, 5.41) is 2.67. The van der Waals surface area contributed by atoms with Crippen LogP contribution < -0.4 is 9.62 Å². The van der Waals surface area contributed by atoms with Crippen LogP contribution in [0.15, 0.2) is 30.9 Å². The average Bonchev–Trinajstić information content (AvgIpc) is 2.44. The average molecular weight is 324 g/mol. The first-order valence-corrected chi connectivity index (χ1v) is 9.02. The first kappa shape index (κ1) is 18.2. The maximum absolute atomic E-state index is 12.3. The fourth-order valence-corrected chi connectivity index (χ4v) is 3.42. The van der Waals surface area contributed by atoms with Crippen molar-refractivity contribution < 1.29 is 13.2 Å². The van der Waals surface area contributed by atoms with Crippen LogP contribution in [-0.2, 0) is 14.8 Å². The molecule has 0 spiro atoms. The fourth-order valence-electron chi connectivity index (χ4n) is 2.21. The molecule has 0 aliphatic heterocycles. The van der Waals surface area contributed by atoms with Gasteiger partial charge in [0.25, 0.3) is 0 Å². The number of benzene rings is 1. The summed E-state index contributed by atoms with van der Waals surface area (Å²) in [4.78, 5) is 12.3. The molecular formula is C16H24N2O3S. The van der Waals surface area contributed by atoms with Crippen LogP contribution in [0.3, 0.4) is 0 Å². The van der Waals surface area contributed by atoms with Gasteiger partial charge in [0, 0.05) is 6.54 Å². The lowest BCUT2D eigenvalue weighted by atomic mass is 10.1. The topological polar surface area (TPSA) is 66.5 Å². The minimum atomic E-state index is -3.58. The summed E-state index contributed by atoms with van der Waals surface area (Å²) in [5.74, 6) is -0.328. The van der Waals surface area contributed by atoms with Crippen LogP contribution in [-0.4, -0.2) is 33.2 Å². The van der Waals surface area contributed by atoms with Gasteiger partial charge in [0.15, 0.2) is 0 Å². The number of carbonyl (C=O) groups is 1. The molecule has 0 radical (unpaired) electrons. The van der Waals surface area contributed by atoms with Crippen LogP contribution in [0.1, 0.15) is 24.5 Å². The second-order valence-electron chi connectivity index (χ2n) is 5.29. The number of hydrogen-bond acceptors (Lipinski definition) is 3. The van der Waals surface area contributed by atoms with Gasteiger partial charge in [0.2, 0.25) is 15.9 Å². The maximum Gasteiger partial charge on any atom is 0.244 e. The van der Waals surface area contributed by atoms with Crippen molar-refractivity contribution in [2.24, 2.45) is 0 Å². The highest BCUT2D eigenvalue weighted by Gasteiger charge is 2.31. The zero-order valence-electron chi connectivity index (χ0n) is 13.6. The molecule has 0 aliphatic rings. The van der Waals surface area contributed by atoms with Crippen LogP contribution in [0.2, 0.25) is 0 Å². The minimum Gasteiger partial charge on any atom is -0.351 e. The number of nitrogens with one attached hydrogen (secondary N) is 1. The largest absolute Gasteiger partial charge is 0.351 e. The zero-order chi connectivity index (χ0) is 16.9. The highest BCUT2D eigenvalue weighted by atomic mass is 32.2. The molecule has 5 nitrogen and oxygen atoms in total. The van der Waals surface area contributed by atoms with E-state index >= 15 is 0 Å². The maximum atomic E-state index is 12.3. The normalized spacial score (nSPS) is 12.5. The quantitative estimate of drug-likeness (QED) is 0.782. The third kappa shape index (κ3) is 4.34. The molecule has 0 heterocycles. The third-order valence-electron chi connectivity index (χ3n) is 3.50. The molecule has 0 bridgehead atoms. The van der Waals surface area contributed by atoms with Gasteiger partial charge in [0.1, 0.15) is 6.04 Å². The molecule has 1 amide bonds. The van der Waals surface area contributed by atoms with Crippen LogP contribution in [0.25, 0.3) is 0 Å². The highest BCUT2D eigenvalue weighted by Crippen LogP contribution is 2.25. The molecule has 22 heavy (non-hydrogen) atoms. The Morgan fingerprint density at radius 1 is 1.36 bits per heavy atom. The lowest BCUT2D eigenvalue weighted by Crippen LogP contribution is -2.49. The van der Waals surface area contributed by atoms with Crippen molar-refractivity contribution >= 4 is 21.6 Å². The molecule has 1 aromatic carbocycles. The standard InChI is InChI=1S/C16H24N2O3S/c1-6-10-17-16(19)15(7-2)18(22(5,20)21)14-9-8-12(3)13(4)11-14/h6,8-9,11,15H,1,7,10H2,2-5H3,(H,17,19)/t15-/m0/s1. The summed E-state index contributed by atoms with van der Waals surface area (Å²) >= 11 is 0. The SMILES string of the molecule is C=CCNC(=O)[C@H](CC)N(c1ccc(C)c(C)c1)S(C)(=O)=O. The Labute approximate surface area is 133 Å². The monoisotopic (exact) mass is 324 g/mol.